The van der Waals surface area contributed by atoms with E-state index in [9.17, 15) is 9.90 Å². The van der Waals surface area contributed by atoms with E-state index < -0.39 is 0 Å². The minimum absolute atomic E-state index is 0.0850. The zero-order valence-electron chi connectivity index (χ0n) is 15.6. The number of pyridine rings is 1. The second kappa shape index (κ2) is 7.74. The van der Waals surface area contributed by atoms with Crippen LogP contribution >= 0.6 is 0 Å². The molecule has 1 N–H and O–H groups in total. The summed E-state index contributed by atoms with van der Waals surface area (Å²) in [5.74, 6) is 0.729. The molecule has 2 aromatic rings. The number of phenols is 1. The standard InChI is InChI=1S/C21H25NO5/c1-25-12-15-8-14-5-6-22-19(18(14)11-20(15)23)9-17(10-21(22)24)27-13-16-4-2-3-7-26-16/h8-11,16,23H,2-7,12-13H2,1H3. The molecular weight excluding hydrogens is 346 g/mol. The Hall–Kier alpha value is -2.31. The number of ether oxygens (including phenoxy) is 3. The number of hydrogen-bond acceptors (Lipinski definition) is 5. The second-order valence-corrected chi connectivity index (χ2v) is 7.19. The molecule has 1 fully saturated rings. The number of aryl methyl sites for hydroxylation is 1. The lowest BCUT2D eigenvalue weighted by Gasteiger charge is -2.25. The summed E-state index contributed by atoms with van der Waals surface area (Å²) >= 11 is 0. The van der Waals surface area contributed by atoms with E-state index in [0.717, 1.165) is 54.7 Å². The molecule has 1 atom stereocenters. The second-order valence-electron chi connectivity index (χ2n) is 7.19. The van der Waals surface area contributed by atoms with Crippen LogP contribution in [0.4, 0.5) is 0 Å². The Morgan fingerprint density at radius 1 is 1.26 bits per heavy atom. The van der Waals surface area contributed by atoms with Gasteiger partial charge in [0, 0.05) is 43.5 Å². The predicted molar refractivity (Wildman–Crippen MR) is 101 cm³/mol. The molecule has 2 aliphatic heterocycles. The Bertz CT molecular complexity index is 883. The maximum Gasteiger partial charge on any atom is 0.254 e. The van der Waals surface area contributed by atoms with Crippen molar-refractivity contribution in [1.29, 1.82) is 0 Å². The van der Waals surface area contributed by atoms with Crippen molar-refractivity contribution in [2.24, 2.45) is 0 Å². The van der Waals surface area contributed by atoms with E-state index in [4.69, 9.17) is 14.2 Å². The summed E-state index contributed by atoms with van der Waals surface area (Å²) in [7, 11) is 1.60. The Balaban J connectivity index is 1.64. The van der Waals surface area contributed by atoms with Crippen LogP contribution in [0.1, 0.15) is 30.4 Å². The average Bonchev–Trinajstić information content (AvgIpc) is 2.68. The Labute approximate surface area is 158 Å². The predicted octanol–water partition coefficient (Wildman–Crippen LogP) is 2.87. The maximum absolute atomic E-state index is 12.6. The molecular formula is C21H25NO5. The molecule has 4 rings (SSSR count). The van der Waals surface area contributed by atoms with Crippen molar-refractivity contribution in [3.8, 4) is 22.8 Å². The van der Waals surface area contributed by atoms with Gasteiger partial charge in [-0.15, -0.1) is 0 Å². The monoisotopic (exact) mass is 371 g/mol. The van der Waals surface area contributed by atoms with Gasteiger partial charge in [-0.25, -0.2) is 0 Å². The van der Waals surface area contributed by atoms with Crippen LogP contribution in [-0.4, -0.2) is 36.1 Å². The number of benzene rings is 1. The summed E-state index contributed by atoms with van der Waals surface area (Å²) in [6, 6.07) is 7.11. The number of nitrogens with zero attached hydrogens (tertiary/aromatic N) is 1. The third-order valence-corrected chi connectivity index (χ3v) is 5.30. The average molecular weight is 371 g/mol. The van der Waals surface area contributed by atoms with Gasteiger partial charge in [0.1, 0.15) is 18.1 Å². The van der Waals surface area contributed by atoms with Gasteiger partial charge in [-0.2, -0.15) is 0 Å². The number of phenolic OH excluding ortho intramolecular Hbond substituents is 1. The Kier molecular flexibility index (Phi) is 5.18. The first-order valence-corrected chi connectivity index (χ1v) is 9.49. The van der Waals surface area contributed by atoms with Gasteiger partial charge < -0.3 is 23.9 Å². The highest BCUT2D eigenvalue weighted by Gasteiger charge is 2.21. The summed E-state index contributed by atoms with van der Waals surface area (Å²) in [4.78, 5) is 12.6. The normalized spacial score (nSPS) is 18.6. The van der Waals surface area contributed by atoms with Gasteiger partial charge in [-0.3, -0.25) is 4.79 Å². The van der Waals surface area contributed by atoms with E-state index in [2.05, 4.69) is 0 Å². The lowest BCUT2D eigenvalue weighted by molar-refractivity contribution is -0.0111. The van der Waals surface area contributed by atoms with E-state index in [1.165, 1.54) is 6.07 Å². The molecule has 6 heteroatoms. The molecule has 144 valence electrons. The molecule has 1 saturated heterocycles. The molecule has 3 heterocycles. The van der Waals surface area contributed by atoms with E-state index >= 15 is 0 Å². The topological polar surface area (TPSA) is 69.9 Å². The van der Waals surface area contributed by atoms with Crippen molar-refractivity contribution >= 4 is 0 Å². The molecule has 1 unspecified atom stereocenters. The summed E-state index contributed by atoms with van der Waals surface area (Å²) in [5, 5.41) is 10.3. The fraction of sp³-hybridized carbons (Fsp3) is 0.476. The molecule has 1 aromatic heterocycles. The first kappa shape index (κ1) is 18.1. The van der Waals surface area contributed by atoms with Crippen LogP contribution in [0.2, 0.25) is 0 Å². The van der Waals surface area contributed by atoms with Gasteiger partial charge in [0.05, 0.1) is 18.4 Å². The fourth-order valence-electron chi connectivity index (χ4n) is 3.87. The molecule has 0 bridgehead atoms. The van der Waals surface area contributed by atoms with E-state index in [0.29, 0.717) is 25.5 Å². The maximum atomic E-state index is 12.6. The third-order valence-electron chi connectivity index (χ3n) is 5.30. The molecule has 2 aliphatic rings. The van der Waals surface area contributed by atoms with Crippen molar-refractivity contribution in [3.05, 3.63) is 45.7 Å². The van der Waals surface area contributed by atoms with Crippen LogP contribution in [0.5, 0.6) is 11.5 Å². The number of fused-ring (bicyclic) bond motifs is 3. The quantitative estimate of drug-likeness (QED) is 0.875. The van der Waals surface area contributed by atoms with Gasteiger partial charge >= 0.3 is 0 Å². The van der Waals surface area contributed by atoms with E-state index in [1.807, 2.05) is 12.1 Å². The number of rotatable bonds is 5. The molecule has 0 spiro atoms. The van der Waals surface area contributed by atoms with Gasteiger partial charge in [-0.05, 0) is 43.4 Å². The van der Waals surface area contributed by atoms with Crippen molar-refractivity contribution < 1.29 is 19.3 Å². The number of hydrogen-bond donors (Lipinski definition) is 1. The minimum atomic E-state index is -0.0850. The van der Waals surface area contributed by atoms with Crippen LogP contribution in [0.25, 0.3) is 11.3 Å². The highest BCUT2D eigenvalue weighted by Crippen LogP contribution is 2.35. The lowest BCUT2D eigenvalue weighted by Crippen LogP contribution is -2.28. The van der Waals surface area contributed by atoms with E-state index in [1.54, 1.807) is 17.7 Å². The summed E-state index contributed by atoms with van der Waals surface area (Å²) in [5.41, 5.74) is 3.43. The van der Waals surface area contributed by atoms with Crippen LogP contribution in [-0.2, 0) is 29.0 Å². The van der Waals surface area contributed by atoms with E-state index in [-0.39, 0.29) is 17.4 Å². The zero-order valence-corrected chi connectivity index (χ0v) is 15.6. The van der Waals surface area contributed by atoms with Crippen LogP contribution in [0.15, 0.2) is 29.1 Å². The number of aromatic hydroxyl groups is 1. The van der Waals surface area contributed by atoms with Gasteiger partial charge in [0.2, 0.25) is 0 Å². The Morgan fingerprint density at radius 3 is 2.93 bits per heavy atom. The third kappa shape index (κ3) is 3.73. The van der Waals surface area contributed by atoms with Crippen LogP contribution < -0.4 is 10.3 Å². The lowest BCUT2D eigenvalue weighted by atomic mass is 9.94. The van der Waals surface area contributed by atoms with Gasteiger partial charge in [0.25, 0.3) is 5.56 Å². The molecule has 0 amide bonds. The van der Waals surface area contributed by atoms with Crippen molar-refractivity contribution in [1.82, 2.24) is 4.57 Å². The van der Waals surface area contributed by atoms with Gasteiger partial charge in [-0.1, -0.05) is 0 Å². The molecule has 0 aliphatic carbocycles. The van der Waals surface area contributed by atoms with Crippen molar-refractivity contribution in [2.75, 3.05) is 20.3 Å². The largest absolute Gasteiger partial charge is 0.508 e. The molecule has 1 aromatic carbocycles. The SMILES string of the molecule is COCc1cc2c(cc1O)-c1cc(OCC3CCCCO3)cc(=O)n1CC2. The van der Waals surface area contributed by atoms with Crippen LogP contribution in [0.3, 0.4) is 0 Å². The zero-order chi connectivity index (χ0) is 18.8. The molecule has 0 radical (unpaired) electrons. The molecule has 6 nitrogen and oxygen atoms in total. The van der Waals surface area contributed by atoms with Crippen molar-refractivity contribution in [2.45, 2.75) is 44.9 Å². The summed E-state index contributed by atoms with van der Waals surface area (Å²) in [6.07, 6.45) is 4.07. The summed E-state index contributed by atoms with van der Waals surface area (Å²) < 4.78 is 18.5. The fourth-order valence-corrected chi connectivity index (χ4v) is 3.87. The van der Waals surface area contributed by atoms with Gasteiger partial charge in [0.15, 0.2) is 0 Å². The number of methoxy groups -OCH3 is 1. The minimum Gasteiger partial charge on any atom is -0.508 e. The highest BCUT2D eigenvalue weighted by molar-refractivity contribution is 5.69. The first-order valence-electron chi connectivity index (χ1n) is 9.49. The number of aromatic nitrogens is 1. The Morgan fingerprint density at radius 2 is 2.15 bits per heavy atom. The van der Waals surface area contributed by atoms with Crippen molar-refractivity contribution in [3.63, 3.8) is 0 Å². The molecule has 27 heavy (non-hydrogen) atoms. The molecule has 0 saturated carbocycles. The first-order chi connectivity index (χ1) is 13.2. The smallest absolute Gasteiger partial charge is 0.254 e. The highest BCUT2D eigenvalue weighted by atomic mass is 16.5. The summed E-state index contributed by atoms with van der Waals surface area (Å²) in [6.45, 7) is 2.20. The van der Waals surface area contributed by atoms with Crippen LogP contribution in [0, 0.1) is 0 Å².